The van der Waals surface area contributed by atoms with Crippen molar-refractivity contribution in [1.29, 1.82) is 0 Å². The summed E-state index contributed by atoms with van der Waals surface area (Å²) >= 11 is 0. The Hall–Kier alpha value is -7.16. The second kappa shape index (κ2) is 11.2. The first-order valence-electron chi connectivity index (χ1n) is 18.5. The van der Waals surface area contributed by atoms with Gasteiger partial charge in [0, 0.05) is 21.5 Å². The molecule has 10 aromatic carbocycles. The highest BCUT2D eigenvalue weighted by Crippen LogP contribution is 2.48. The third-order valence-electron chi connectivity index (χ3n) is 11.4. The topological polar surface area (TPSA) is 26.3 Å². The van der Waals surface area contributed by atoms with Crippen LogP contribution in [0.4, 0.5) is 0 Å². The van der Waals surface area contributed by atoms with E-state index in [2.05, 4.69) is 158 Å². The molecule has 250 valence electrons. The van der Waals surface area contributed by atoms with Crippen LogP contribution in [0.1, 0.15) is 0 Å². The summed E-state index contributed by atoms with van der Waals surface area (Å²) in [4.78, 5) is 0. The average Bonchev–Trinajstić information content (AvgIpc) is 3.79. The monoisotopic (exact) mass is 686 g/mol. The molecule has 0 aliphatic rings. The maximum absolute atomic E-state index is 6.41. The number of hydrogen-bond acceptors (Lipinski definition) is 2. The second-order valence-electron chi connectivity index (χ2n) is 14.4. The lowest BCUT2D eigenvalue weighted by molar-refractivity contribution is 0.668. The molecular weight excluding hydrogens is 657 g/mol. The maximum Gasteiger partial charge on any atom is 0.136 e. The summed E-state index contributed by atoms with van der Waals surface area (Å²) in [7, 11) is 0. The lowest BCUT2D eigenvalue weighted by Gasteiger charge is -2.20. The van der Waals surface area contributed by atoms with Crippen molar-refractivity contribution in [3.8, 4) is 33.4 Å². The van der Waals surface area contributed by atoms with Crippen molar-refractivity contribution in [2.45, 2.75) is 0 Å². The maximum atomic E-state index is 6.41. The van der Waals surface area contributed by atoms with Gasteiger partial charge in [0.15, 0.2) is 0 Å². The molecule has 0 atom stereocenters. The Kier molecular flexibility index (Phi) is 6.09. The fourth-order valence-electron chi connectivity index (χ4n) is 9.01. The molecule has 0 saturated carbocycles. The number of benzene rings is 10. The molecule has 0 saturated heterocycles. The van der Waals surface area contributed by atoms with Crippen LogP contribution in [0, 0.1) is 0 Å². The Labute approximate surface area is 310 Å². The molecule has 0 aliphatic carbocycles. The van der Waals surface area contributed by atoms with Gasteiger partial charge in [0.1, 0.15) is 22.3 Å². The number of para-hydroxylation sites is 2. The van der Waals surface area contributed by atoms with E-state index in [9.17, 15) is 0 Å². The van der Waals surface area contributed by atoms with E-state index < -0.39 is 0 Å². The molecule has 0 unspecified atom stereocenters. The van der Waals surface area contributed by atoms with Crippen LogP contribution in [0.2, 0.25) is 0 Å². The van der Waals surface area contributed by atoms with E-state index in [4.69, 9.17) is 8.83 Å². The summed E-state index contributed by atoms with van der Waals surface area (Å²) in [5, 5.41) is 14.3. The minimum absolute atomic E-state index is 0.895. The smallest absolute Gasteiger partial charge is 0.136 e. The van der Waals surface area contributed by atoms with Gasteiger partial charge in [0.2, 0.25) is 0 Å². The van der Waals surface area contributed by atoms with E-state index >= 15 is 0 Å². The predicted octanol–water partition coefficient (Wildman–Crippen LogP) is 15.1. The number of rotatable bonds is 3. The lowest BCUT2D eigenvalue weighted by Crippen LogP contribution is -1.92. The molecule has 2 nitrogen and oxygen atoms in total. The van der Waals surface area contributed by atoms with E-state index in [1.165, 1.54) is 65.3 Å². The van der Waals surface area contributed by atoms with Crippen molar-refractivity contribution in [2.24, 2.45) is 0 Å². The molecular formula is C52H30O2. The molecule has 54 heavy (non-hydrogen) atoms. The normalized spacial score (nSPS) is 12.1. The van der Waals surface area contributed by atoms with Crippen LogP contribution >= 0.6 is 0 Å². The first kappa shape index (κ1) is 29.4. The Morgan fingerprint density at radius 3 is 1.17 bits per heavy atom. The molecule has 0 fully saturated rings. The predicted molar refractivity (Wildman–Crippen MR) is 227 cm³/mol. The standard InChI is InChI=1S/C52H30O2/c1-3-13-37-31(11-1)27-32-12-2-4-14-38(32)51(37)52-43-19-9-17-35(33-23-25-41-39-15-5-7-21-47(39)53-49(41)28-33)45(43)30-46-36(18-10-20-44(46)52)34-24-26-42-40-16-6-8-22-48(40)54-50(42)29-34/h1-30H. The van der Waals surface area contributed by atoms with Gasteiger partial charge in [-0.2, -0.15) is 0 Å². The zero-order chi connectivity index (χ0) is 35.3. The molecule has 12 rings (SSSR count). The quantitative estimate of drug-likeness (QED) is 0.173. The highest BCUT2D eigenvalue weighted by atomic mass is 16.3. The zero-order valence-electron chi connectivity index (χ0n) is 29.1. The fourth-order valence-corrected chi connectivity index (χ4v) is 9.01. The molecule has 12 aromatic rings. The minimum Gasteiger partial charge on any atom is -0.456 e. The van der Waals surface area contributed by atoms with E-state index in [1.807, 2.05) is 24.3 Å². The summed E-state index contributed by atoms with van der Waals surface area (Å²) in [6.07, 6.45) is 0. The summed E-state index contributed by atoms with van der Waals surface area (Å²) in [6, 6.07) is 65.8. The first-order valence-corrected chi connectivity index (χ1v) is 18.5. The molecule has 0 aliphatic heterocycles. The Balaban J connectivity index is 1.21. The molecule has 2 heteroatoms. The highest BCUT2D eigenvalue weighted by molar-refractivity contribution is 6.26. The molecule has 0 bridgehead atoms. The molecule has 2 heterocycles. The Morgan fingerprint density at radius 2 is 0.648 bits per heavy atom. The Morgan fingerprint density at radius 1 is 0.241 bits per heavy atom. The van der Waals surface area contributed by atoms with Crippen molar-refractivity contribution in [3.05, 3.63) is 182 Å². The number of furan rings is 2. The third kappa shape index (κ3) is 4.22. The van der Waals surface area contributed by atoms with Crippen LogP contribution in [-0.4, -0.2) is 0 Å². The van der Waals surface area contributed by atoms with Crippen LogP contribution < -0.4 is 0 Å². The lowest BCUT2D eigenvalue weighted by atomic mass is 9.83. The Bertz CT molecular complexity index is 3280. The SMILES string of the molecule is c1ccc2c(-c3c4cccc(-c5ccc6c(c5)oc5ccccc56)c4cc4c(-c5ccc6c(c5)oc5ccccc56)cccc34)c3ccccc3cc2c1. The fraction of sp³-hybridized carbons (Fsp3) is 0. The number of fused-ring (bicyclic) bond motifs is 10. The number of hydrogen-bond donors (Lipinski definition) is 0. The zero-order valence-corrected chi connectivity index (χ0v) is 29.1. The van der Waals surface area contributed by atoms with Gasteiger partial charge in [-0.25, -0.2) is 0 Å². The summed E-state index contributed by atoms with van der Waals surface area (Å²) in [5.41, 5.74) is 10.7. The van der Waals surface area contributed by atoms with Crippen LogP contribution in [0.15, 0.2) is 191 Å². The molecule has 0 amide bonds. The molecule has 2 aromatic heterocycles. The minimum atomic E-state index is 0.895. The van der Waals surface area contributed by atoms with Gasteiger partial charge in [-0.15, -0.1) is 0 Å². The van der Waals surface area contributed by atoms with Crippen molar-refractivity contribution in [3.63, 3.8) is 0 Å². The van der Waals surface area contributed by atoms with Gasteiger partial charge in [-0.3, -0.25) is 0 Å². The van der Waals surface area contributed by atoms with E-state index in [0.717, 1.165) is 55.0 Å². The molecule has 0 N–H and O–H groups in total. The van der Waals surface area contributed by atoms with Gasteiger partial charge in [0.25, 0.3) is 0 Å². The summed E-state index contributed by atoms with van der Waals surface area (Å²) < 4.78 is 12.8. The second-order valence-corrected chi connectivity index (χ2v) is 14.4. The van der Waals surface area contributed by atoms with Gasteiger partial charge < -0.3 is 8.83 Å². The summed E-state index contributed by atoms with van der Waals surface area (Å²) in [5.74, 6) is 0. The van der Waals surface area contributed by atoms with Crippen molar-refractivity contribution >= 4 is 87.0 Å². The third-order valence-corrected chi connectivity index (χ3v) is 11.4. The van der Waals surface area contributed by atoms with Crippen LogP contribution in [0.5, 0.6) is 0 Å². The summed E-state index contributed by atoms with van der Waals surface area (Å²) in [6.45, 7) is 0. The molecule has 0 radical (unpaired) electrons. The van der Waals surface area contributed by atoms with Gasteiger partial charge in [-0.1, -0.05) is 133 Å². The van der Waals surface area contributed by atoms with E-state index in [1.54, 1.807) is 0 Å². The van der Waals surface area contributed by atoms with Crippen LogP contribution in [0.25, 0.3) is 120 Å². The van der Waals surface area contributed by atoms with Gasteiger partial charge >= 0.3 is 0 Å². The van der Waals surface area contributed by atoms with Gasteiger partial charge in [-0.05, 0) is 125 Å². The van der Waals surface area contributed by atoms with E-state index in [0.29, 0.717) is 0 Å². The largest absolute Gasteiger partial charge is 0.456 e. The van der Waals surface area contributed by atoms with Crippen molar-refractivity contribution in [1.82, 2.24) is 0 Å². The van der Waals surface area contributed by atoms with E-state index in [-0.39, 0.29) is 0 Å². The average molecular weight is 687 g/mol. The highest BCUT2D eigenvalue weighted by Gasteiger charge is 2.20. The van der Waals surface area contributed by atoms with Gasteiger partial charge in [0.05, 0.1) is 0 Å². The van der Waals surface area contributed by atoms with Crippen molar-refractivity contribution < 1.29 is 8.83 Å². The van der Waals surface area contributed by atoms with Crippen LogP contribution in [0.3, 0.4) is 0 Å². The van der Waals surface area contributed by atoms with Crippen LogP contribution in [-0.2, 0) is 0 Å². The molecule has 0 spiro atoms. The van der Waals surface area contributed by atoms with Crippen molar-refractivity contribution in [2.75, 3.05) is 0 Å². The first-order chi connectivity index (χ1) is 26.8.